The summed E-state index contributed by atoms with van der Waals surface area (Å²) in [6.45, 7) is 6.14. The van der Waals surface area contributed by atoms with Gasteiger partial charge in [0.25, 0.3) is 0 Å². The summed E-state index contributed by atoms with van der Waals surface area (Å²) in [6, 6.07) is 8.37. The quantitative estimate of drug-likeness (QED) is 0.913. The summed E-state index contributed by atoms with van der Waals surface area (Å²) < 4.78 is 0. The Bertz CT molecular complexity index is 503. The summed E-state index contributed by atoms with van der Waals surface area (Å²) in [5, 5.41) is 3.42. The molecule has 1 aromatic rings. The number of hydrogen-bond donors (Lipinski definition) is 1. The van der Waals surface area contributed by atoms with E-state index in [1.54, 1.807) is 0 Å². The van der Waals surface area contributed by atoms with E-state index in [2.05, 4.69) is 35.3 Å². The summed E-state index contributed by atoms with van der Waals surface area (Å²) in [4.78, 5) is 16.2. The number of nitrogens with zero attached hydrogens (tertiary/aromatic N) is 1. The van der Waals surface area contributed by atoms with Gasteiger partial charge >= 0.3 is 0 Å². The zero-order chi connectivity index (χ0) is 14.7. The van der Waals surface area contributed by atoms with E-state index in [-0.39, 0.29) is 18.3 Å². The minimum Gasteiger partial charge on any atom is -0.342 e. The van der Waals surface area contributed by atoms with Gasteiger partial charge in [0.05, 0.1) is 5.92 Å². The van der Waals surface area contributed by atoms with Crippen molar-refractivity contribution < 1.29 is 4.79 Å². The van der Waals surface area contributed by atoms with Crippen LogP contribution in [0.15, 0.2) is 29.2 Å². The Morgan fingerprint density at radius 3 is 2.77 bits per heavy atom. The highest BCUT2D eigenvalue weighted by Crippen LogP contribution is 2.40. The van der Waals surface area contributed by atoms with Crippen LogP contribution < -0.4 is 5.32 Å². The van der Waals surface area contributed by atoms with Crippen molar-refractivity contribution in [3.8, 4) is 0 Å². The SMILES string of the molecule is CCNCC1CCN(C(=O)C2CSc3ccccc32)CC1.Cl. The Kier molecular flexibility index (Phi) is 6.60. The lowest BCUT2D eigenvalue weighted by molar-refractivity contribution is -0.133. The first-order valence-electron chi connectivity index (χ1n) is 8.00. The summed E-state index contributed by atoms with van der Waals surface area (Å²) in [5.41, 5.74) is 1.24. The molecule has 1 N–H and O–H groups in total. The number of benzene rings is 1. The number of hydrogen-bond acceptors (Lipinski definition) is 3. The molecule has 1 amide bonds. The summed E-state index contributed by atoms with van der Waals surface area (Å²) in [5.74, 6) is 2.07. The molecule has 3 rings (SSSR count). The number of piperidine rings is 1. The number of amides is 1. The number of halogens is 1. The third-order valence-corrected chi connectivity index (χ3v) is 5.79. The zero-order valence-electron chi connectivity index (χ0n) is 13.1. The molecular weight excluding hydrogens is 316 g/mol. The molecule has 0 radical (unpaired) electrons. The maximum Gasteiger partial charge on any atom is 0.231 e. The van der Waals surface area contributed by atoms with Gasteiger partial charge in [0.2, 0.25) is 5.91 Å². The lowest BCUT2D eigenvalue weighted by atomic mass is 9.94. The van der Waals surface area contributed by atoms with Crippen LogP contribution in [0.25, 0.3) is 0 Å². The molecule has 22 heavy (non-hydrogen) atoms. The van der Waals surface area contributed by atoms with Gasteiger partial charge in [-0.05, 0) is 43.5 Å². The van der Waals surface area contributed by atoms with E-state index in [1.165, 1.54) is 10.5 Å². The van der Waals surface area contributed by atoms with E-state index in [9.17, 15) is 4.79 Å². The number of nitrogens with one attached hydrogen (secondary N) is 1. The molecule has 1 saturated heterocycles. The van der Waals surface area contributed by atoms with E-state index >= 15 is 0 Å². The van der Waals surface area contributed by atoms with Crippen molar-refractivity contribution in [2.75, 3.05) is 31.9 Å². The van der Waals surface area contributed by atoms with Crippen LogP contribution in [0.4, 0.5) is 0 Å². The topological polar surface area (TPSA) is 32.3 Å². The maximum absolute atomic E-state index is 12.8. The molecule has 3 nitrogen and oxygen atoms in total. The van der Waals surface area contributed by atoms with Crippen LogP contribution in [-0.2, 0) is 4.79 Å². The third-order valence-electron chi connectivity index (χ3n) is 4.61. The van der Waals surface area contributed by atoms with Crippen molar-refractivity contribution >= 4 is 30.1 Å². The summed E-state index contributed by atoms with van der Waals surface area (Å²) >= 11 is 1.82. The Hall–Kier alpha value is -0.710. The molecule has 1 fully saturated rings. The standard InChI is InChI=1S/C17H24N2OS.ClH/c1-2-18-11-13-7-9-19(10-8-13)17(20)15-12-21-16-6-4-3-5-14(15)16;/h3-6,13,15,18H,2,7-12H2,1H3;1H. The predicted octanol–water partition coefficient (Wildman–Crippen LogP) is 3.15. The average Bonchev–Trinajstić information content (AvgIpc) is 2.97. The van der Waals surface area contributed by atoms with E-state index in [1.807, 2.05) is 17.8 Å². The second-order valence-corrected chi connectivity index (χ2v) is 7.04. The van der Waals surface area contributed by atoms with Crippen molar-refractivity contribution in [3.63, 3.8) is 0 Å². The molecule has 1 unspecified atom stereocenters. The molecule has 2 aliphatic rings. The van der Waals surface area contributed by atoms with Gasteiger partial charge in [-0.15, -0.1) is 24.2 Å². The molecule has 0 bridgehead atoms. The van der Waals surface area contributed by atoms with Crippen LogP contribution in [-0.4, -0.2) is 42.7 Å². The molecular formula is C17H25ClN2OS. The highest BCUT2D eigenvalue weighted by Gasteiger charge is 2.33. The molecule has 0 aliphatic carbocycles. The molecule has 0 spiro atoms. The summed E-state index contributed by atoms with van der Waals surface area (Å²) in [6.07, 6.45) is 2.28. The largest absolute Gasteiger partial charge is 0.342 e. The fourth-order valence-corrected chi connectivity index (χ4v) is 4.51. The Morgan fingerprint density at radius 2 is 2.05 bits per heavy atom. The zero-order valence-corrected chi connectivity index (χ0v) is 14.7. The lowest BCUT2D eigenvalue weighted by Gasteiger charge is -2.33. The fraction of sp³-hybridized carbons (Fsp3) is 0.588. The van der Waals surface area contributed by atoms with E-state index < -0.39 is 0 Å². The second-order valence-electron chi connectivity index (χ2n) is 5.98. The van der Waals surface area contributed by atoms with Crippen LogP contribution in [0.3, 0.4) is 0 Å². The van der Waals surface area contributed by atoms with Gasteiger partial charge in [-0.1, -0.05) is 25.1 Å². The van der Waals surface area contributed by atoms with Crippen LogP contribution in [0, 0.1) is 5.92 Å². The van der Waals surface area contributed by atoms with Crippen LogP contribution in [0.1, 0.15) is 31.2 Å². The minimum atomic E-state index is 0. The molecule has 122 valence electrons. The van der Waals surface area contributed by atoms with Gasteiger partial charge in [0.15, 0.2) is 0 Å². The molecule has 5 heteroatoms. The first kappa shape index (κ1) is 17.6. The van der Waals surface area contributed by atoms with Crippen molar-refractivity contribution in [2.45, 2.75) is 30.6 Å². The monoisotopic (exact) mass is 340 g/mol. The van der Waals surface area contributed by atoms with Gasteiger partial charge in [0, 0.05) is 23.7 Å². The van der Waals surface area contributed by atoms with E-state index in [0.29, 0.717) is 5.91 Å². The number of fused-ring (bicyclic) bond motifs is 1. The highest BCUT2D eigenvalue weighted by molar-refractivity contribution is 7.99. The third kappa shape index (κ3) is 3.79. The number of carbonyl (C=O) groups is 1. The number of rotatable bonds is 4. The lowest BCUT2D eigenvalue weighted by Crippen LogP contribution is -2.43. The van der Waals surface area contributed by atoms with Crippen LogP contribution in [0.2, 0.25) is 0 Å². The van der Waals surface area contributed by atoms with Crippen LogP contribution in [0.5, 0.6) is 0 Å². The highest BCUT2D eigenvalue weighted by atomic mass is 35.5. The minimum absolute atomic E-state index is 0. The first-order chi connectivity index (χ1) is 10.3. The van der Waals surface area contributed by atoms with Gasteiger partial charge < -0.3 is 10.2 Å². The van der Waals surface area contributed by atoms with E-state index in [4.69, 9.17) is 0 Å². The van der Waals surface area contributed by atoms with Gasteiger partial charge in [-0.2, -0.15) is 0 Å². The molecule has 1 atom stereocenters. The van der Waals surface area contributed by atoms with E-state index in [0.717, 1.165) is 50.7 Å². The Labute approximate surface area is 143 Å². The Morgan fingerprint density at radius 1 is 1.32 bits per heavy atom. The van der Waals surface area contributed by atoms with Crippen molar-refractivity contribution in [3.05, 3.63) is 29.8 Å². The first-order valence-corrected chi connectivity index (χ1v) is 8.99. The van der Waals surface area contributed by atoms with Gasteiger partial charge in [0.1, 0.15) is 0 Å². The molecule has 1 aromatic carbocycles. The van der Waals surface area contributed by atoms with Crippen molar-refractivity contribution in [1.82, 2.24) is 10.2 Å². The molecule has 0 saturated carbocycles. The number of carbonyl (C=O) groups excluding carboxylic acids is 1. The number of likely N-dealkylation sites (tertiary alicyclic amines) is 1. The second kappa shape index (κ2) is 8.23. The number of thioether (sulfide) groups is 1. The average molecular weight is 341 g/mol. The normalized spacial score (nSPS) is 21.3. The maximum atomic E-state index is 12.8. The molecule has 2 aliphatic heterocycles. The molecule has 0 aromatic heterocycles. The predicted molar refractivity (Wildman–Crippen MR) is 95.0 cm³/mol. The van der Waals surface area contributed by atoms with Gasteiger partial charge in [-0.25, -0.2) is 0 Å². The fourth-order valence-electron chi connectivity index (χ4n) is 3.29. The Balaban J connectivity index is 0.00000176. The van der Waals surface area contributed by atoms with Gasteiger partial charge in [-0.3, -0.25) is 4.79 Å². The van der Waals surface area contributed by atoms with Crippen LogP contribution >= 0.6 is 24.2 Å². The van der Waals surface area contributed by atoms with Crippen molar-refractivity contribution in [2.24, 2.45) is 5.92 Å². The smallest absolute Gasteiger partial charge is 0.231 e. The molecule has 2 heterocycles. The van der Waals surface area contributed by atoms with Crippen molar-refractivity contribution in [1.29, 1.82) is 0 Å². The summed E-state index contributed by atoms with van der Waals surface area (Å²) in [7, 11) is 0.